The van der Waals surface area contributed by atoms with Crippen LogP contribution >= 0.6 is 11.6 Å². The molecule has 1 atom stereocenters. The fourth-order valence-electron chi connectivity index (χ4n) is 3.30. The predicted octanol–water partition coefficient (Wildman–Crippen LogP) is 2.80. The van der Waals surface area contributed by atoms with Gasteiger partial charge in [0, 0.05) is 31.9 Å². The van der Waals surface area contributed by atoms with Gasteiger partial charge in [0.2, 0.25) is 0 Å². The van der Waals surface area contributed by atoms with E-state index >= 15 is 0 Å². The Morgan fingerprint density at radius 1 is 1.16 bits per heavy atom. The van der Waals surface area contributed by atoms with Crippen LogP contribution in [0, 0.1) is 0 Å². The SMILES string of the molecule is Clc1ccc(CN2CCC(N3CCCCC3)C2)cn1. The molecule has 3 rings (SSSR count). The largest absolute Gasteiger partial charge is 0.299 e. The smallest absolute Gasteiger partial charge is 0.129 e. The lowest BCUT2D eigenvalue weighted by Crippen LogP contribution is -2.40. The van der Waals surface area contributed by atoms with Gasteiger partial charge in [0.25, 0.3) is 0 Å². The Morgan fingerprint density at radius 3 is 2.74 bits per heavy atom. The summed E-state index contributed by atoms with van der Waals surface area (Å²) in [6, 6.07) is 4.75. The second-order valence-electron chi connectivity index (χ2n) is 5.76. The van der Waals surface area contributed by atoms with Gasteiger partial charge in [0.15, 0.2) is 0 Å². The molecule has 1 aromatic rings. The summed E-state index contributed by atoms with van der Waals surface area (Å²) < 4.78 is 0. The van der Waals surface area contributed by atoms with Crippen LogP contribution in [-0.2, 0) is 6.54 Å². The van der Waals surface area contributed by atoms with Gasteiger partial charge in [-0.15, -0.1) is 0 Å². The maximum Gasteiger partial charge on any atom is 0.129 e. The number of likely N-dealkylation sites (tertiary alicyclic amines) is 2. The maximum atomic E-state index is 5.82. The number of hydrogen-bond donors (Lipinski definition) is 0. The molecule has 0 bridgehead atoms. The average Bonchev–Trinajstić information content (AvgIpc) is 2.91. The molecule has 0 N–H and O–H groups in total. The molecule has 2 aliphatic heterocycles. The minimum atomic E-state index is 0.580. The van der Waals surface area contributed by atoms with Crippen LogP contribution in [0.15, 0.2) is 18.3 Å². The van der Waals surface area contributed by atoms with Crippen LogP contribution in [0.25, 0.3) is 0 Å². The second kappa shape index (κ2) is 6.21. The van der Waals surface area contributed by atoms with Gasteiger partial charge >= 0.3 is 0 Å². The highest BCUT2D eigenvalue weighted by Gasteiger charge is 2.28. The Balaban J connectivity index is 1.52. The van der Waals surface area contributed by atoms with Crippen molar-refractivity contribution in [3.8, 4) is 0 Å². The topological polar surface area (TPSA) is 19.4 Å². The fraction of sp³-hybridized carbons (Fsp3) is 0.667. The van der Waals surface area contributed by atoms with E-state index in [1.807, 2.05) is 12.3 Å². The summed E-state index contributed by atoms with van der Waals surface area (Å²) in [5, 5.41) is 0.580. The van der Waals surface area contributed by atoms with Crippen molar-refractivity contribution in [3.63, 3.8) is 0 Å². The van der Waals surface area contributed by atoms with Crippen LogP contribution in [0.4, 0.5) is 0 Å². The summed E-state index contributed by atoms with van der Waals surface area (Å²) in [4.78, 5) is 9.40. The van der Waals surface area contributed by atoms with Gasteiger partial charge in [-0.3, -0.25) is 9.80 Å². The van der Waals surface area contributed by atoms with E-state index in [2.05, 4.69) is 20.9 Å². The lowest BCUT2D eigenvalue weighted by Gasteiger charge is -2.32. The molecular formula is C15H22ClN3. The van der Waals surface area contributed by atoms with Crippen LogP contribution < -0.4 is 0 Å². The number of rotatable bonds is 3. The summed E-state index contributed by atoms with van der Waals surface area (Å²) in [5.41, 5.74) is 1.27. The van der Waals surface area contributed by atoms with E-state index in [0.29, 0.717) is 5.15 Å². The number of pyridine rings is 1. The first-order chi connectivity index (χ1) is 9.31. The molecule has 0 aromatic carbocycles. The molecule has 3 nitrogen and oxygen atoms in total. The minimum absolute atomic E-state index is 0.580. The maximum absolute atomic E-state index is 5.82. The molecule has 3 heterocycles. The van der Waals surface area contributed by atoms with Gasteiger partial charge in [-0.05, 0) is 44.0 Å². The first-order valence-corrected chi connectivity index (χ1v) is 7.76. The average molecular weight is 280 g/mol. The van der Waals surface area contributed by atoms with Crippen molar-refractivity contribution >= 4 is 11.6 Å². The van der Waals surface area contributed by atoms with Gasteiger partial charge in [0.1, 0.15) is 5.15 Å². The lowest BCUT2D eigenvalue weighted by molar-refractivity contribution is 0.161. The Bertz CT molecular complexity index is 400. The first kappa shape index (κ1) is 13.3. The van der Waals surface area contributed by atoms with Crippen LogP contribution in [0.2, 0.25) is 5.15 Å². The minimum Gasteiger partial charge on any atom is -0.299 e. The fourth-order valence-corrected chi connectivity index (χ4v) is 3.41. The molecule has 2 saturated heterocycles. The Hall–Kier alpha value is -0.640. The van der Waals surface area contributed by atoms with Gasteiger partial charge in [-0.2, -0.15) is 0 Å². The number of nitrogens with zero attached hydrogens (tertiary/aromatic N) is 3. The van der Waals surface area contributed by atoms with Crippen molar-refractivity contribution in [3.05, 3.63) is 29.0 Å². The summed E-state index contributed by atoms with van der Waals surface area (Å²) in [5.74, 6) is 0. The predicted molar refractivity (Wildman–Crippen MR) is 78.4 cm³/mol. The summed E-state index contributed by atoms with van der Waals surface area (Å²) in [6.45, 7) is 6.04. The van der Waals surface area contributed by atoms with E-state index < -0.39 is 0 Å². The van der Waals surface area contributed by atoms with E-state index in [1.54, 1.807) is 0 Å². The molecular weight excluding hydrogens is 258 g/mol. The molecule has 4 heteroatoms. The number of aromatic nitrogens is 1. The van der Waals surface area contributed by atoms with E-state index in [4.69, 9.17) is 11.6 Å². The van der Waals surface area contributed by atoms with Crippen LogP contribution in [-0.4, -0.2) is 47.0 Å². The molecule has 0 aliphatic carbocycles. The summed E-state index contributed by atoms with van der Waals surface area (Å²) in [7, 11) is 0. The Labute approximate surface area is 120 Å². The van der Waals surface area contributed by atoms with Crippen molar-refractivity contribution in [1.82, 2.24) is 14.8 Å². The van der Waals surface area contributed by atoms with E-state index in [0.717, 1.165) is 12.6 Å². The van der Waals surface area contributed by atoms with Gasteiger partial charge in [-0.25, -0.2) is 4.98 Å². The van der Waals surface area contributed by atoms with Crippen LogP contribution in [0.3, 0.4) is 0 Å². The molecule has 2 aliphatic rings. The lowest BCUT2D eigenvalue weighted by atomic mass is 10.1. The van der Waals surface area contributed by atoms with Crippen molar-refractivity contribution in [2.75, 3.05) is 26.2 Å². The van der Waals surface area contributed by atoms with Crippen LogP contribution in [0.1, 0.15) is 31.2 Å². The van der Waals surface area contributed by atoms with E-state index in [9.17, 15) is 0 Å². The highest BCUT2D eigenvalue weighted by molar-refractivity contribution is 6.29. The second-order valence-corrected chi connectivity index (χ2v) is 6.15. The Kier molecular flexibility index (Phi) is 4.36. The third-order valence-corrected chi connectivity index (χ3v) is 4.57. The highest BCUT2D eigenvalue weighted by Crippen LogP contribution is 2.21. The number of piperidine rings is 1. The zero-order valence-corrected chi connectivity index (χ0v) is 12.1. The van der Waals surface area contributed by atoms with E-state index in [-0.39, 0.29) is 0 Å². The first-order valence-electron chi connectivity index (χ1n) is 7.38. The Morgan fingerprint density at radius 2 is 2.00 bits per heavy atom. The van der Waals surface area contributed by atoms with Gasteiger partial charge in [-0.1, -0.05) is 24.1 Å². The van der Waals surface area contributed by atoms with Gasteiger partial charge in [0.05, 0.1) is 0 Å². The van der Waals surface area contributed by atoms with E-state index in [1.165, 1.54) is 57.4 Å². The normalized spacial score (nSPS) is 25.8. The zero-order chi connectivity index (χ0) is 13.1. The standard InChI is InChI=1S/C15H22ClN3/c16-15-5-4-13(10-17-15)11-18-9-6-14(12-18)19-7-2-1-3-8-19/h4-5,10,14H,1-3,6-9,11-12H2. The molecule has 1 unspecified atom stereocenters. The van der Waals surface area contributed by atoms with Gasteiger partial charge < -0.3 is 0 Å². The van der Waals surface area contributed by atoms with Crippen molar-refractivity contribution in [2.24, 2.45) is 0 Å². The monoisotopic (exact) mass is 279 g/mol. The quantitative estimate of drug-likeness (QED) is 0.793. The molecule has 2 fully saturated rings. The molecule has 0 spiro atoms. The molecule has 0 saturated carbocycles. The number of hydrogen-bond acceptors (Lipinski definition) is 3. The molecule has 0 radical (unpaired) electrons. The molecule has 104 valence electrons. The van der Waals surface area contributed by atoms with Crippen molar-refractivity contribution in [2.45, 2.75) is 38.3 Å². The molecule has 0 amide bonds. The highest BCUT2D eigenvalue weighted by atomic mass is 35.5. The van der Waals surface area contributed by atoms with Crippen molar-refractivity contribution in [1.29, 1.82) is 0 Å². The third kappa shape index (κ3) is 3.47. The summed E-state index contributed by atoms with van der Waals surface area (Å²) in [6.07, 6.45) is 7.41. The molecule has 19 heavy (non-hydrogen) atoms. The summed E-state index contributed by atoms with van der Waals surface area (Å²) >= 11 is 5.82. The molecule has 1 aromatic heterocycles. The zero-order valence-electron chi connectivity index (χ0n) is 11.4. The number of halogens is 1. The van der Waals surface area contributed by atoms with Crippen molar-refractivity contribution < 1.29 is 0 Å². The van der Waals surface area contributed by atoms with Crippen LogP contribution in [0.5, 0.6) is 0 Å². The third-order valence-electron chi connectivity index (χ3n) is 4.35.